The van der Waals surface area contributed by atoms with E-state index in [1.165, 1.54) is 27.7 Å². The Kier molecular flexibility index (Phi) is 4.07. The van der Waals surface area contributed by atoms with Crippen molar-refractivity contribution in [2.24, 2.45) is 23.3 Å². The normalized spacial score (nSPS) is 16.6. The van der Waals surface area contributed by atoms with Crippen LogP contribution in [0.15, 0.2) is 0 Å². The van der Waals surface area contributed by atoms with Crippen LogP contribution in [0, 0.1) is 11.8 Å². The molecule has 6 heteroatoms. The Balaban J connectivity index is 5.48. The minimum absolute atomic E-state index is 1.16. The van der Waals surface area contributed by atoms with E-state index in [0.29, 0.717) is 0 Å². The van der Waals surface area contributed by atoms with E-state index in [1.54, 1.807) is 0 Å². The van der Waals surface area contributed by atoms with Crippen LogP contribution in [0.1, 0.15) is 27.7 Å². The Morgan fingerprint density at radius 1 is 0.875 bits per heavy atom. The average molecular weight is 232 g/mol. The molecule has 0 aliphatic carbocycles. The molecule has 6 nitrogen and oxygen atoms in total. The number of rotatable bonds is 5. The number of aliphatic carboxylic acids is 2. The average Bonchev–Trinajstić information content (AvgIpc) is 1.92. The molecule has 0 aliphatic rings. The molecule has 0 radical (unpaired) electrons. The molecule has 0 amide bonds. The van der Waals surface area contributed by atoms with E-state index in [9.17, 15) is 9.59 Å². The fourth-order valence-electron chi connectivity index (χ4n) is 1.78. The van der Waals surface area contributed by atoms with E-state index < -0.39 is 34.9 Å². The lowest BCUT2D eigenvalue weighted by Crippen LogP contribution is -2.59. The summed E-state index contributed by atoms with van der Waals surface area (Å²) in [5.74, 6) is -4.99. The highest BCUT2D eigenvalue weighted by atomic mass is 16.4. The van der Waals surface area contributed by atoms with Crippen molar-refractivity contribution in [1.82, 2.24) is 0 Å². The van der Waals surface area contributed by atoms with E-state index in [-0.39, 0.29) is 0 Å². The van der Waals surface area contributed by atoms with E-state index >= 15 is 0 Å². The van der Waals surface area contributed by atoms with Gasteiger partial charge in [-0.05, 0) is 27.7 Å². The van der Waals surface area contributed by atoms with Gasteiger partial charge in [0.05, 0.1) is 11.8 Å². The summed E-state index contributed by atoms with van der Waals surface area (Å²) in [6, 6.07) is 0. The molecule has 0 aromatic carbocycles. The first-order chi connectivity index (χ1) is 6.89. The Bertz CT molecular complexity index is 258. The maximum Gasteiger partial charge on any atom is 0.309 e. The van der Waals surface area contributed by atoms with Crippen LogP contribution >= 0.6 is 0 Å². The molecule has 0 fully saturated rings. The molecule has 0 aromatic rings. The lowest BCUT2D eigenvalue weighted by Gasteiger charge is -2.38. The van der Waals surface area contributed by atoms with Crippen molar-refractivity contribution in [1.29, 1.82) is 0 Å². The van der Waals surface area contributed by atoms with Crippen molar-refractivity contribution in [3.05, 3.63) is 0 Å². The van der Waals surface area contributed by atoms with Crippen LogP contribution in [0.4, 0.5) is 0 Å². The Hall–Kier alpha value is -1.14. The Morgan fingerprint density at radius 3 is 1.12 bits per heavy atom. The first-order valence-corrected chi connectivity index (χ1v) is 4.92. The van der Waals surface area contributed by atoms with Crippen molar-refractivity contribution in [3.63, 3.8) is 0 Å². The number of carbonyl (C=O) groups is 2. The Morgan fingerprint density at radius 2 is 1.06 bits per heavy atom. The predicted molar refractivity (Wildman–Crippen MR) is 58.8 cm³/mol. The smallest absolute Gasteiger partial charge is 0.309 e. The third-order valence-corrected chi connectivity index (χ3v) is 2.47. The summed E-state index contributed by atoms with van der Waals surface area (Å²) in [6.45, 7) is 5.92. The highest BCUT2D eigenvalue weighted by Crippen LogP contribution is 2.30. The second kappa shape index (κ2) is 4.39. The van der Waals surface area contributed by atoms with Gasteiger partial charge < -0.3 is 21.7 Å². The fraction of sp³-hybridized carbons (Fsp3) is 0.800. The molecule has 0 saturated carbocycles. The van der Waals surface area contributed by atoms with Gasteiger partial charge in [-0.1, -0.05) is 0 Å². The van der Waals surface area contributed by atoms with E-state index in [0.717, 1.165) is 0 Å². The standard InChI is InChI=1S/C10H20N2O4/c1-9(2,11)5(7(13)14)6(8(15)16)10(3,4)12/h5-6H,11-12H2,1-4H3,(H,13,14)(H,15,16). The highest BCUT2D eigenvalue weighted by molar-refractivity contribution is 5.82. The lowest BCUT2D eigenvalue weighted by atomic mass is 9.70. The second-order valence-corrected chi connectivity index (χ2v) is 5.27. The molecule has 0 bridgehead atoms. The van der Waals surface area contributed by atoms with Crippen LogP contribution in [0.25, 0.3) is 0 Å². The molecule has 0 aliphatic heterocycles. The van der Waals surface area contributed by atoms with Gasteiger partial charge in [-0.25, -0.2) is 0 Å². The van der Waals surface area contributed by atoms with Crippen molar-refractivity contribution >= 4 is 11.9 Å². The summed E-state index contributed by atoms with van der Waals surface area (Å²) < 4.78 is 0. The highest BCUT2D eigenvalue weighted by Gasteiger charge is 2.48. The lowest BCUT2D eigenvalue weighted by molar-refractivity contribution is -0.159. The monoisotopic (exact) mass is 232 g/mol. The topological polar surface area (TPSA) is 127 Å². The quantitative estimate of drug-likeness (QED) is 0.522. The molecule has 2 unspecified atom stereocenters. The van der Waals surface area contributed by atoms with Crippen LogP contribution < -0.4 is 11.5 Å². The summed E-state index contributed by atoms with van der Waals surface area (Å²) in [5, 5.41) is 18.2. The third-order valence-electron chi connectivity index (χ3n) is 2.47. The first-order valence-electron chi connectivity index (χ1n) is 4.92. The van der Waals surface area contributed by atoms with Gasteiger partial charge in [0.2, 0.25) is 0 Å². The van der Waals surface area contributed by atoms with Crippen LogP contribution in [-0.2, 0) is 9.59 Å². The largest absolute Gasteiger partial charge is 0.481 e. The maximum absolute atomic E-state index is 11.1. The molecule has 0 spiro atoms. The van der Waals surface area contributed by atoms with Crippen LogP contribution in [0.5, 0.6) is 0 Å². The number of carboxylic acids is 2. The third kappa shape index (κ3) is 3.46. The van der Waals surface area contributed by atoms with Gasteiger partial charge in [0.25, 0.3) is 0 Å². The number of carboxylic acid groups (broad SMARTS) is 2. The molecule has 94 valence electrons. The van der Waals surface area contributed by atoms with E-state index in [4.69, 9.17) is 21.7 Å². The molecule has 16 heavy (non-hydrogen) atoms. The number of hydrogen-bond acceptors (Lipinski definition) is 4. The summed E-state index contributed by atoms with van der Waals surface area (Å²) in [5.41, 5.74) is 9.11. The van der Waals surface area contributed by atoms with Crippen molar-refractivity contribution in [3.8, 4) is 0 Å². The van der Waals surface area contributed by atoms with Gasteiger partial charge in [-0.3, -0.25) is 9.59 Å². The molecule has 0 rings (SSSR count). The van der Waals surface area contributed by atoms with Crippen molar-refractivity contribution in [2.45, 2.75) is 38.8 Å². The molecule has 0 saturated heterocycles. The van der Waals surface area contributed by atoms with Crippen molar-refractivity contribution < 1.29 is 19.8 Å². The van der Waals surface area contributed by atoms with Crippen LogP contribution in [0.3, 0.4) is 0 Å². The van der Waals surface area contributed by atoms with Crippen LogP contribution in [0.2, 0.25) is 0 Å². The van der Waals surface area contributed by atoms with Gasteiger partial charge in [0.15, 0.2) is 0 Å². The zero-order chi connectivity index (χ0) is 13.3. The van der Waals surface area contributed by atoms with E-state index in [2.05, 4.69) is 0 Å². The minimum atomic E-state index is -1.25. The predicted octanol–water partition coefficient (Wildman–Crippen LogP) is -0.137. The van der Waals surface area contributed by atoms with Gasteiger partial charge in [0.1, 0.15) is 0 Å². The van der Waals surface area contributed by atoms with Gasteiger partial charge >= 0.3 is 11.9 Å². The molecule has 6 N–H and O–H groups in total. The van der Waals surface area contributed by atoms with Gasteiger partial charge in [0, 0.05) is 11.1 Å². The maximum atomic E-state index is 11.1. The van der Waals surface area contributed by atoms with Crippen molar-refractivity contribution in [2.75, 3.05) is 0 Å². The SMILES string of the molecule is CC(C)(N)C(C(=O)O)C(C(=O)O)C(C)(C)N. The summed E-state index contributed by atoms with van der Waals surface area (Å²) in [6.07, 6.45) is 0. The molecule has 0 aromatic heterocycles. The van der Waals surface area contributed by atoms with Gasteiger partial charge in [-0.15, -0.1) is 0 Å². The van der Waals surface area contributed by atoms with Crippen LogP contribution in [-0.4, -0.2) is 33.2 Å². The minimum Gasteiger partial charge on any atom is -0.481 e. The van der Waals surface area contributed by atoms with Gasteiger partial charge in [-0.2, -0.15) is 0 Å². The number of hydrogen-bond donors (Lipinski definition) is 4. The van der Waals surface area contributed by atoms with E-state index in [1.807, 2.05) is 0 Å². The molecular formula is C10H20N2O4. The molecule has 0 heterocycles. The summed E-state index contributed by atoms with van der Waals surface area (Å²) in [4.78, 5) is 22.3. The zero-order valence-corrected chi connectivity index (χ0v) is 10.0. The molecule has 2 atom stereocenters. The summed E-state index contributed by atoms with van der Waals surface area (Å²) >= 11 is 0. The summed E-state index contributed by atoms with van der Waals surface area (Å²) in [7, 11) is 0. The molecular weight excluding hydrogens is 212 g/mol. The fourth-order valence-corrected chi connectivity index (χ4v) is 1.78. The second-order valence-electron chi connectivity index (χ2n) is 5.27. The number of nitrogens with two attached hydrogens (primary N) is 2. The first kappa shape index (κ1) is 14.9. The Labute approximate surface area is 94.6 Å². The zero-order valence-electron chi connectivity index (χ0n) is 10.0.